The fourth-order valence-corrected chi connectivity index (χ4v) is 3.40. The van der Waals surface area contributed by atoms with Gasteiger partial charge >= 0.3 is 6.09 Å². The zero-order valence-electron chi connectivity index (χ0n) is 16.5. The highest BCUT2D eigenvalue weighted by Gasteiger charge is 2.39. The van der Waals surface area contributed by atoms with Gasteiger partial charge in [-0.15, -0.1) is 0 Å². The van der Waals surface area contributed by atoms with E-state index >= 15 is 0 Å². The Morgan fingerprint density at radius 2 is 2.10 bits per heavy atom. The van der Waals surface area contributed by atoms with Gasteiger partial charge in [0.1, 0.15) is 6.04 Å². The second-order valence-corrected chi connectivity index (χ2v) is 7.11. The number of benzene rings is 1. The van der Waals surface area contributed by atoms with Crippen LogP contribution in [0.3, 0.4) is 0 Å². The third-order valence-electron chi connectivity index (χ3n) is 4.98. The van der Waals surface area contributed by atoms with Crippen LogP contribution in [-0.4, -0.2) is 54.5 Å². The highest BCUT2D eigenvalue weighted by atomic mass is 16.5. The molecular weight excluding hydrogens is 376 g/mol. The van der Waals surface area contributed by atoms with Crippen molar-refractivity contribution >= 4 is 29.5 Å². The van der Waals surface area contributed by atoms with Crippen molar-refractivity contribution in [1.29, 1.82) is 0 Å². The number of ether oxygens (including phenoxy) is 1. The van der Waals surface area contributed by atoms with Crippen LogP contribution in [0.4, 0.5) is 10.5 Å². The molecule has 1 saturated heterocycles. The largest absolute Gasteiger partial charge is 0.450 e. The minimum atomic E-state index is -0.619. The summed E-state index contributed by atoms with van der Waals surface area (Å²) < 4.78 is 5.01. The SMILES string of the molecule is CCCCOC(=O)NCCNc1ccc2c(c1)C(=O)N(C1CCC(=O)NC1=O)C2. The Bertz CT molecular complexity index is 810. The molecule has 1 fully saturated rings. The Morgan fingerprint density at radius 3 is 2.86 bits per heavy atom. The van der Waals surface area contributed by atoms with Crippen LogP contribution in [0.25, 0.3) is 0 Å². The number of nitrogens with zero attached hydrogens (tertiary/aromatic N) is 1. The molecular formula is C20H26N4O5. The zero-order valence-corrected chi connectivity index (χ0v) is 16.5. The van der Waals surface area contributed by atoms with Gasteiger partial charge in [0, 0.05) is 37.3 Å². The van der Waals surface area contributed by atoms with Crippen molar-refractivity contribution in [3.63, 3.8) is 0 Å². The molecule has 4 amide bonds. The lowest BCUT2D eigenvalue weighted by molar-refractivity contribution is -0.136. The maximum atomic E-state index is 12.8. The molecule has 2 heterocycles. The Hall–Kier alpha value is -3.10. The number of amides is 4. The lowest BCUT2D eigenvalue weighted by Crippen LogP contribution is -2.52. The topological polar surface area (TPSA) is 117 Å². The number of alkyl carbamates (subject to hydrolysis) is 1. The minimum Gasteiger partial charge on any atom is -0.450 e. The van der Waals surface area contributed by atoms with Crippen LogP contribution < -0.4 is 16.0 Å². The Morgan fingerprint density at radius 1 is 1.28 bits per heavy atom. The maximum absolute atomic E-state index is 12.8. The average molecular weight is 402 g/mol. The normalized spacial score (nSPS) is 18.3. The van der Waals surface area contributed by atoms with Crippen molar-refractivity contribution in [3.05, 3.63) is 29.3 Å². The summed E-state index contributed by atoms with van der Waals surface area (Å²) in [5.41, 5.74) is 2.15. The predicted octanol–water partition coefficient (Wildman–Crippen LogP) is 1.39. The number of imide groups is 1. The third-order valence-corrected chi connectivity index (χ3v) is 4.98. The third kappa shape index (κ3) is 5.04. The van der Waals surface area contributed by atoms with Gasteiger partial charge in [-0.05, 0) is 30.5 Å². The van der Waals surface area contributed by atoms with Crippen LogP contribution in [-0.2, 0) is 20.9 Å². The molecule has 3 rings (SSSR count). The lowest BCUT2D eigenvalue weighted by atomic mass is 10.0. The summed E-state index contributed by atoms with van der Waals surface area (Å²) in [5, 5.41) is 8.12. The van der Waals surface area contributed by atoms with Crippen molar-refractivity contribution in [2.75, 3.05) is 25.0 Å². The van der Waals surface area contributed by atoms with Gasteiger partial charge in [-0.2, -0.15) is 0 Å². The Labute approximate surface area is 169 Å². The number of unbranched alkanes of at least 4 members (excludes halogenated alkanes) is 1. The summed E-state index contributed by atoms with van der Waals surface area (Å²) in [5.74, 6) is -0.932. The predicted molar refractivity (Wildman–Crippen MR) is 105 cm³/mol. The number of piperidine rings is 1. The average Bonchev–Trinajstić information content (AvgIpc) is 3.01. The number of fused-ring (bicyclic) bond motifs is 1. The van der Waals surface area contributed by atoms with Crippen LogP contribution >= 0.6 is 0 Å². The molecule has 0 saturated carbocycles. The summed E-state index contributed by atoms with van der Waals surface area (Å²) in [6.07, 6.45) is 1.94. The molecule has 1 unspecified atom stereocenters. The highest BCUT2D eigenvalue weighted by Crippen LogP contribution is 2.29. The Kier molecular flexibility index (Phi) is 6.69. The molecule has 1 atom stereocenters. The van der Waals surface area contributed by atoms with E-state index in [1.807, 2.05) is 19.1 Å². The molecule has 0 aliphatic carbocycles. The summed E-state index contributed by atoms with van der Waals surface area (Å²) in [6, 6.07) is 4.85. The van der Waals surface area contributed by atoms with Gasteiger partial charge < -0.3 is 20.3 Å². The van der Waals surface area contributed by atoms with Crippen LogP contribution in [0.5, 0.6) is 0 Å². The van der Waals surface area contributed by atoms with E-state index in [1.165, 1.54) is 4.90 Å². The number of carbonyl (C=O) groups excluding carboxylic acids is 4. The zero-order chi connectivity index (χ0) is 20.8. The molecule has 9 nitrogen and oxygen atoms in total. The van der Waals surface area contributed by atoms with Crippen molar-refractivity contribution in [1.82, 2.24) is 15.5 Å². The fraction of sp³-hybridized carbons (Fsp3) is 0.500. The number of rotatable bonds is 8. The van der Waals surface area contributed by atoms with E-state index in [0.717, 1.165) is 24.1 Å². The van der Waals surface area contributed by atoms with E-state index in [0.29, 0.717) is 38.2 Å². The van der Waals surface area contributed by atoms with Gasteiger partial charge in [-0.25, -0.2) is 4.79 Å². The second kappa shape index (κ2) is 9.40. The van der Waals surface area contributed by atoms with E-state index < -0.39 is 18.0 Å². The molecule has 29 heavy (non-hydrogen) atoms. The standard InChI is InChI=1S/C20H26N4O5/c1-2-3-10-29-20(28)22-9-8-21-14-5-4-13-12-24(19(27)15(13)11-14)16-6-7-17(25)23-18(16)26/h4-5,11,16,21H,2-3,6-10,12H2,1H3,(H,22,28)(H,23,25,26). The van der Waals surface area contributed by atoms with E-state index in [4.69, 9.17) is 4.74 Å². The quantitative estimate of drug-likeness (QED) is 0.447. The molecule has 9 heteroatoms. The molecule has 0 radical (unpaired) electrons. The molecule has 1 aromatic rings. The van der Waals surface area contributed by atoms with Crippen LogP contribution in [0, 0.1) is 0 Å². The number of nitrogens with one attached hydrogen (secondary N) is 3. The summed E-state index contributed by atoms with van der Waals surface area (Å²) in [4.78, 5) is 49.2. The van der Waals surface area contributed by atoms with Crippen molar-refractivity contribution in [3.8, 4) is 0 Å². The van der Waals surface area contributed by atoms with Crippen LogP contribution in [0.1, 0.15) is 48.5 Å². The Balaban J connectivity index is 1.50. The minimum absolute atomic E-state index is 0.212. The fourth-order valence-electron chi connectivity index (χ4n) is 3.40. The van der Waals surface area contributed by atoms with Crippen LogP contribution in [0.2, 0.25) is 0 Å². The summed E-state index contributed by atoms with van der Waals surface area (Å²) in [7, 11) is 0. The maximum Gasteiger partial charge on any atom is 0.407 e. The number of hydrogen-bond donors (Lipinski definition) is 3. The molecule has 0 bridgehead atoms. The van der Waals surface area contributed by atoms with E-state index in [1.54, 1.807) is 6.07 Å². The van der Waals surface area contributed by atoms with Gasteiger partial charge in [-0.3, -0.25) is 19.7 Å². The summed E-state index contributed by atoms with van der Waals surface area (Å²) >= 11 is 0. The first-order valence-electron chi connectivity index (χ1n) is 9.91. The van der Waals surface area contributed by atoms with Crippen molar-refractivity contribution in [2.24, 2.45) is 0 Å². The van der Waals surface area contributed by atoms with Gasteiger partial charge in [0.25, 0.3) is 5.91 Å². The molecule has 156 valence electrons. The van der Waals surface area contributed by atoms with Crippen molar-refractivity contribution < 1.29 is 23.9 Å². The van der Waals surface area contributed by atoms with Gasteiger partial charge in [-0.1, -0.05) is 19.4 Å². The van der Waals surface area contributed by atoms with E-state index in [9.17, 15) is 19.2 Å². The first-order chi connectivity index (χ1) is 14.0. The van der Waals surface area contributed by atoms with E-state index in [2.05, 4.69) is 16.0 Å². The molecule has 2 aliphatic heterocycles. The highest BCUT2D eigenvalue weighted by molar-refractivity contribution is 6.05. The van der Waals surface area contributed by atoms with Crippen molar-refractivity contribution in [2.45, 2.75) is 45.2 Å². The van der Waals surface area contributed by atoms with Gasteiger partial charge in [0.15, 0.2) is 0 Å². The smallest absolute Gasteiger partial charge is 0.407 e. The molecule has 0 aromatic heterocycles. The molecule has 0 spiro atoms. The second-order valence-electron chi connectivity index (χ2n) is 7.11. The molecule has 3 N–H and O–H groups in total. The number of carbonyl (C=O) groups is 4. The number of anilines is 1. The monoisotopic (exact) mass is 402 g/mol. The first kappa shape index (κ1) is 20.6. The number of hydrogen-bond acceptors (Lipinski definition) is 6. The van der Waals surface area contributed by atoms with Gasteiger partial charge in [0.2, 0.25) is 11.8 Å². The lowest BCUT2D eigenvalue weighted by Gasteiger charge is -2.29. The van der Waals surface area contributed by atoms with Gasteiger partial charge in [0.05, 0.1) is 6.61 Å². The first-order valence-corrected chi connectivity index (χ1v) is 9.91. The van der Waals surface area contributed by atoms with E-state index in [-0.39, 0.29) is 18.2 Å². The molecule has 2 aliphatic rings. The summed E-state index contributed by atoms with van der Waals surface area (Å²) in [6.45, 7) is 3.65. The van der Waals surface area contributed by atoms with Crippen LogP contribution in [0.15, 0.2) is 18.2 Å². The molecule has 1 aromatic carbocycles.